The van der Waals surface area contributed by atoms with Gasteiger partial charge in [0.1, 0.15) is 0 Å². The van der Waals surface area contributed by atoms with Gasteiger partial charge in [0.2, 0.25) is 0 Å². The van der Waals surface area contributed by atoms with Crippen LogP contribution in [0, 0.1) is 0 Å². The highest BCUT2D eigenvalue weighted by Gasteiger charge is 2.50. The first-order valence-electron chi connectivity index (χ1n) is 3.99. The number of halogens is 3. The van der Waals surface area contributed by atoms with Gasteiger partial charge >= 0.3 is 15.5 Å². The largest absolute Gasteiger partial charge is 0.511 e. The van der Waals surface area contributed by atoms with Crippen molar-refractivity contribution in [3.63, 3.8) is 0 Å². The third-order valence-corrected chi connectivity index (χ3v) is 3.59. The lowest BCUT2D eigenvalue weighted by Gasteiger charge is -2.29. The van der Waals surface area contributed by atoms with Crippen LogP contribution in [0.25, 0.3) is 0 Å². The maximum Gasteiger partial charge on any atom is 0.511 e. The molecule has 1 fully saturated rings. The summed E-state index contributed by atoms with van der Waals surface area (Å²) in [6.07, 6.45) is -0.416. The molecule has 0 spiro atoms. The molecule has 14 heavy (non-hydrogen) atoms. The molecule has 0 aromatic heterocycles. The quantitative estimate of drug-likeness (QED) is 0.708. The normalized spacial score (nSPS) is 26.4. The van der Waals surface area contributed by atoms with Crippen LogP contribution in [-0.4, -0.2) is 42.5 Å². The van der Waals surface area contributed by atoms with Crippen molar-refractivity contribution >= 4 is 10.0 Å². The number of sulfonamides is 1. The number of hydrogen-bond acceptors (Lipinski definition) is 3. The average molecular weight is 233 g/mol. The summed E-state index contributed by atoms with van der Waals surface area (Å²) in [7, 11) is -5.26. The number of β-amino-alcohol motifs (C(OH)–C–C–N with tert-alkyl or cyclic N) is 1. The maximum absolute atomic E-state index is 12.0. The minimum Gasteiger partial charge on any atom is -0.392 e. The van der Waals surface area contributed by atoms with Gasteiger partial charge in [0.15, 0.2) is 0 Å². The first-order valence-corrected chi connectivity index (χ1v) is 5.43. The second-order valence-electron chi connectivity index (χ2n) is 3.10. The van der Waals surface area contributed by atoms with E-state index >= 15 is 0 Å². The van der Waals surface area contributed by atoms with Gasteiger partial charge in [-0.25, -0.2) is 8.42 Å². The topological polar surface area (TPSA) is 57.6 Å². The summed E-state index contributed by atoms with van der Waals surface area (Å²) in [6, 6.07) is 0. The third kappa shape index (κ3) is 2.18. The highest BCUT2D eigenvalue weighted by atomic mass is 32.2. The summed E-state index contributed by atoms with van der Waals surface area (Å²) in [5, 5.41) is 9.04. The second kappa shape index (κ2) is 3.67. The summed E-state index contributed by atoms with van der Waals surface area (Å²) >= 11 is 0. The van der Waals surface area contributed by atoms with Gasteiger partial charge in [0.05, 0.1) is 6.10 Å². The van der Waals surface area contributed by atoms with Crippen LogP contribution in [0.2, 0.25) is 0 Å². The minimum absolute atomic E-state index is 0.182. The van der Waals surface area contributed by atoms with Gasteiger partial charge in [0, 0.05) is 13.1 Å². The number of piperidine rings is 1. The van der Waals surface area contributed by atoms with Crippen molar-refractivity contribution in [2.75, 3.05) is 13.1 Å². The summed E-state index contributed by atoms with van der Waals surface area (Å²) in [4.78, 5) is 0. The van der Waals surface area contributed by atoms with Gasteiger partial charge in [-0.1, -0.05) is 0 Å². The molecule has 0 aromatic rings. The van der Waals surface area contributed by atoms with E-state index in [0.717, 1.165) is 0 Å². The number of alkyl halides is 3. The Kier molecular flexibility index (Phi) is 3.07. The smallest absolute Gasteiger partial charge is 0.392 e. The van der Waals surface area contributed by atoms with Crippen LogP contribution >= 0.6 is 0 Å². The monoisotopic (exact) mass is 233 g/mol. The molecular formula is C6H10F3NO3S. The first kappa shape index (κ1) is 11.7. The summed E-state index contributed by atoms with van der Waals surface area (Å²) in [6.45, 7) is -0.652. The Balaban J connectivity index is 2.83. The predicted molar refractivity (Wildman–Crippen MR) is 41.8 cm³/mol. The zero-order chi connectivity index (χ0) is 11.0. The van der Waals surface area contributed by atoms with E-state index in [4.69, 9.17) is 5.11 Å². The molecule has 1 N–H and O–H groups in total. The Morgan fingerprint density at radius 3 is 2.36 bits per heavy atom. The molecule has 1 rings (SSSR count). The SMILES string of the molecule is O=S(=O)(N1CCC[C@H](O)C1)C(F)(F)F. The van der Waals surface area contributed by atoms with E-state index < -0.39 is 28.2 Å². The maximum atomic E-state index is 12.0. The van der Waals surface area contributed by atoms with Gasteiger partial charge in [-0.05, 0) is 12.8 Å². The standard InChI is InChI=1S/C6H10F3NO3S/c7-6(8,9)14(12,13)10-3-1-2-5(11)4-10/h5,11H,1-4H2/t5-/m0/s1. The van der Waals surface area contributed by atoms with Crippen molar-refractivity contribution in [1.82, 2.24) is 4.31 Å². The molecule has 4 nitrogen and oxygen atoms in total. The zero-order valence-electron chi connectivity index (χ0n) is 7.16. The van der Waals surface area contributed by atoms with Crippen LogP contribution in [0.3, 0.4) is 0 Å². The average Bonchev–Trinajstić information content (AvgIpc) is 2.02. The molecule has 0 bridgehead atoms. The molecule has 1 aliphatic heterocycles. The van der Waals surface area contributed by atoms with Crippen molar-refractivity contribution in [3.8, 4) is 0 Å². The highest BCUT2D eigenvalue weighted by molar-refractivity contribution is 7.90. The number of nitrogens with zero attached hydrogens (tertiary/aromatic N) is 1. The molecule has 0 aliphatic carbocycles. The molecule has 0 amide bonds. The van der Waals surface area contributed by atoms with Crippen molar-refractivity contribution in [2.24, 2.45) is 0 Å². The minimum atomic E-state index is -5.27. The van der Waals surface area contributed by atoms with E-state index in [-0.39, 0.29) is 17.3 Å². The fraction of sp³-hybridized carbons (Fsp3) is 1.00. The lowest BCUT2D eigenvalue weighted by atomic mass is 10.1. The van der Waals surface area contributed by atoms with E-state index in [1.807, 2.05) is 0 Å². The van der Waals surface area contributed by atoms with E-state index in [1.165, 1.54) is 0 Å². The predicted octanol–water partition coefficient (Wildman–Crippen LogP) is 0.293. The van der Waals surface area contributed by atoms with Gasteiger partial charge in [-0.2, -0.15) is 17.5 Å². The Morgan fingerprint density at radius 2 is 1.93 bits per heavy atom. The Bertz CT molecular complexity index is 300. The molecule has 1 heterocycles. The lowest BCUT2D eigenvalue weighted by molar-refractivity contribution is -0.0508. The summed E-state index contributed by atoms with van der Waals surface area (Å²) in [5.74, 6) is 0. The summed E-state index contributed by atoms with van der Waals surface area (Å²) < 4.78 is 58.1. The first-order chi connectivity index (χ1) is 6.25. The zero-order valence-corrected chi connectivity index (χ0v) is 7.98. The molecule has 0 aromatic carbocycles. The van der Waals surface area contributed by atoms with Crippen molar-refractivity contribution in [1.29, 1.82) is 0 Å². The van der Waals surface area contributed by atoms with Crippen LogP contribution in [0.4, 0.5) is 13.2 Å². The molecule has 0 radical (unpaired) electrons. The fourth-order valence-electron chi connectivity index (χ4n) is 1.29. The Morgan fingerprint density at radius 1 is 1.36 bits per heavy atom. The van der Waals surface area contributed by atoms with Crippen LogP contribution in [-0.2, 0) is 10.0 Å². The van der Waals surface area contributed by atoms with Crippen molar-refractivity contribution < 1.29 is 26.7 Å². The van der Waals surface area contributed by atoms with E-state index in [9.17, 15) is 21.6 Å². The van der Waals surface area contributed by atoms with Crippen LogP contribution in [0.1, 0.15) is 12.8 Å². The second-order valence-corrected chi connectivity index (χ2v) is 5.03. The molecule has 0 unspecified atom stereocenters. The summed E-state index contributed by atoms with van der Waals surface area (Å²) in [5.41, 5.74) is -5.27. The van der Waals surface area contributed by atoms with Crippen LogP contribution in [0.15, 0.2) is 0 Å². The van der Waals surface area contributed by atoms with Crippen LogP contribution in [0.5, 0.6) is 0 Å². The Labute approximate surface area is 79.4 Å². The van der Waals surface area contributed by atoms with E-state index in [2.05, 4.69) is 0 Å². The van der Waals surface area contributed by atoms with Gasteiger partial charge in [0.25, 0.3) is 0 Å². The molecule has 0 saturated carbocycles. The third-order valence-electron chi connectivity index (χ3n) is 1.99. The van der Waals surface area contributed by atoms with Crippen molar-refractivity contribution in [2.45, 2.75) is 24.5 Å². The van der Waals surface area contributed by atoms with Gasteiger partial charge < -0.3 is 5.11 Å². The van der Waals surface area contributed by atoms with E-state index in [1.54, 1.807) is 0 Å². The van der Waals surface area contributed by atoms with Gasteiger partial charge in [-0.3, -0.25) is 0 Å². The number of hydrogen-bond donors (Lipinski definition) is 1. The number of aliphatic hydroxyl groups excluding tert-OH is 1. The number of rotatable bonds is 1. The number of aliphatic hydroxyl groups is 1. The molecular weight excluding hydrogens is 223 g/mol. The van der Waals surface area contributed by atoms with Crippen molar-refractivity contribution in [3.05, 3.63) is 0 Å². The molecule has 84 valence electrons. The highest BCUT2D eigenvalue weighted by Crippen LogP contribution is 2.28. The molecule has 1 aliphatic rings. The molecule has 1 atom stereocenters. The lowest BCUT2D eigenvalue weighted by Crippen LogP contribution is -2.47. The van der Waals surface area contributed by atoms with Crippen LogP contribution < -0.4 is 0 Å². The Hall–Kier alpha value is -0.340. The van der Waals surface area contributed by atoms with Gasteiger partial charge in [-0.15, -0.1) is 0 Å². The fourth-order valence-corrected chi connectivity index (χ4v) is 2.32. The molecule has 8 heteroatoms. The van der Waals surface area contributed by atoms with E-state index in [0.29, 0.717) is 6.42 Å². The molecule has 1 saturated heterocycles.